The van der Waals surface area contributed by atoms with Gasteiger partial charge in [0.1, 0.15) is 0 Å². The summed E-state index contributed by atoms with van der Waals surface area (Å²) in [5.41, 5.74) is 0.506. The number of thiophene rings is 1. The molecule has 1 aromatic heterocycles. The molecule has 0 radical (unpaired) electrons. The largest absolute Gasteiger partial charge is 0.505 e. The Kier molecular flexibility index (Phi) is 3.02. The zero-order valence-corrected chi connectivity index (χ0v) is 11.1. The maximum Gasteiger partial charge on any atom is 0.265 e. The fourth-order valence-corrected chi connectivity index (χ4v) is 3.20. The first-order valence-corrected chi connectivity index (χ1v) is 6.82. The number of aromatic hydroxyl groups is 1. The molecule has 20 heavy (non-hydrogen) atoms. The van der Waals surface area contributed by atoms with Gasteiger partial charge in [0.2, 0.25) is 0 Å². The standard InChI is InChI=1S/C14H10FNO3S/c15-13-8(2-1-3-10(13)18)16-14(19)12-6-7-9(17)4-5-11(7)20-12/h1-3,6,18H,4-5H2,(H,16,19). The predicted molar refractivity (Wildman–Crippen MR) is 73.0 cm³/mol. The highest BCUT2D eigenvalue weighted by Gasteiger charge is 2.25. The van der Waals surface area contributed by atoms with E-state index >= 15 is 0 Å². The van der Waals surface area contributed by atoms with Gasteiger partial charge in [0.15, 0.2) is 17.3 Å². The summed E-state index contributed by atoms with van der Waals surface area (Å²) in [7, 11) is 0. The predicted octanol–water partition coefficient (Wildman–Crippen LogP) is 2.97. The van der Waals surface area contributed by atoms with Crippen LogP contribution in [0.3, 0.4) is 0 Å². The van der Waals surface area contributed by atoms with Gasteiger partial charge in [0.25, 0.3) is 5.91 Å². The third-order valence-electron chi connectivity index (χ3n) is 3.14. The van der Waals surface area contributed by atoms with Crippen molar-refractivity contribution in [2.24, 2.45) is 0 Å². The van der Waals surface area contributed by atoms with Crippen molar-refractivity contribution in [2.75, 3.05) is 5.32 Å². The first-order chi connectivity index (χ1) is 9.56. The van der Waals surface area contributed by atoms with E-state index in [2.05, 4.69) is 5.32 Å². The molecule has 0 fully saturated rings. The second kappa shape index (κ2) is 4.72. The van der Waals surface area contributed by atoms with Gasteiger partial charge < -0.3 is 10.4 Å². The Bertz CT molecular complexity index is 723. The lowest BCUT2D eigenvalue weighted by molar-refractivity contribution is 0.0994. The molecule has 0 saturated heterocycles. The van der Waals surface area contributed by atoms with Crippen molar-refractivity contribution >= 4 is 28.7 Å². The lowest BCUT2D eigenvalue weighted by Crippen LogP contribution is -2.11. The number of benzene rings is 1. The molecule has 0 atom stereocenters. The Morgan fingerprint density at radius 1 is 1.35 bits per heavy atom. The summed E-state index contributed by atoms with van der Waals surface area (Å²) in [4.78, 5) is 24.8. The molecule has 6 heteroatoms. The number of amides is 1. The van der Waals surface area contributed by atoms with E-state index in [1.54, 1.807) is 6.07 Å². The van der Waals surface area contributed by atoms with Crippen LogP contribution in [0.25, 0.3) is 0 Å². The van der Waals surface area contributed by atoms with Gasteiger partial charge in [-0.2, -0.15) is 0 Å². The van der Waals surface area contributed by atoms with Crippen LogP contribution in [0.5, 0.6) is 5.75 Å². The number of carbonyl (C=O) groups is 2. The summed E-state index contributed by atoms with van der Waals surface area (Å²) in [6.07, 6.45) is 1.15. The maximum atomic E-state index is 13.6. The van der Waals surface area contributed by atoms with Crippen molar-refractivity contribution in [3.63, 3.8) is 0 Å². The van der Waals surface area contributed by atoms with Crippen LogP contribution in [-0.4, -0.2) is 16.8 Å². The summed E-state index contributed by atoms with van der Waals surface area (Å²) in [6.45, 7) is 0. The van der Waals surface area contributed by atoms with Gasteiger partial charge in [-0.25, -0.2) is 4.39 Å². The molecule has 0 spiro atoms. The number of halogens is 1. The Labute approximate surface area is 117 Å². The number of anilines is 1. The summed E-state index contributed by atoms with van der Waals surface area (Å²) in [6, 6.07) is 5.54. The minimum Gasteiger partial charge on any atom is -0.505 e. The Hall–Kier alpha value is -2.21. The molecule has 0 saturated carbocycles. The van der Waals surface area contributed by atoms with Gasteiger partial charge in [-0.1, -0.05) is 6.07 Å². The molecule has 2 aromatic rings. The van der Waals surface area contributed by atoms with Crippen molar-refractivity contribution in [3.05, 3.63) is 45.4 Å². The average Bonchev–Trinajstić information content (AvgIpc) is 2.98. The molecule has 0 aliphatic heterocycles. The number of phenolic OH excluding ortho intramolecular Hbond substituents is 1. The molecule has 3 rings (SSSR count). The zero-order chi connectivity index (χ0) is 14.3. The topological polar surface area (TPSA) is 66.4 Å². The number of carbonyl (C=O) groups excluding carboxylic acids is 2. The Balaban J connectivity index is 1.85. The molecule has 1 aliphatic rings. The number of ketones is 1. The molecule has 2 N–H and O–H groups in total. The highest BCUT2D eigenvalue weighted by Crippen LogP contribution is 2.31. The number of nitrogens with one attached hydrogen (secondary N) is 1. The second-order valence-corrected chi connectivity index (χ2v) is 5.60. The summed E-state index contributed by atoms with van der Waals surface area (Å²) < 4.78 is 13.6. The molecular weight excluding hydrogens is 281 g/mol. The monoisotopic (exact) mass is 291 g/mol. The number of rotatable bonds is 2. The average molecular weight is 291 g/mol. The number of aryl methyl sites for hydroxylation is 1. The van der Waals surface area contributed by atoms with Gasteiger partial charge in [-0.05, 0) is 24.6 Å². The van der Waals surface area contributed by atoms with Gasteiger partial charge in [-0.15, -0.1) is 11.3 Å². The van der Waals surface area contributed by atoms with Crippen LogP contribution in [0.1, 0.15) is 31.3 Å². The van der Waals surface area contributed by atoms with Gasteiger partial charge in [0.05, 0.1) is 10.6 Å². The van der Waals surface area contributed by atoms with Crippen LogP contribution >= 0.6 is 11.3 Å². The van der Waals surface area contributed by atoms with E-state index in [9.17, 15) is 19.1 Å². The molecule has 1 aromatic carbocycles. The zero-order valence-electron chi connectivity index (χ0n) is 10.3. The van der Waals surface area contributed by atoms with E-state index < -0.39 is 17.5 Å². The third kappa shape index (κ3) is 2.08. The normalized spacial score (nSPS) is 13.3. The van der Waals surface area contributed by atoms with Crippen LogP contribution in [0.15, 0.2) is 24.3 Å². The van der Waals surface area contributed by atoms with E-state index in [0.717, 1.165) is 4.88 Å². The molecule has 1 aliphatic carbocycles. The summed E-state index contributed by atoms with van der Waals surface area (Å²) in [5, 5.41) is 11.6. The van der Waals surface area contributed by atoms with E-state index in [1.807, 2.05) is 0 Å². The molecule has 1 amide bonds. The van der Waals surface area contributed by atoms with Crippen LogP contribution in [-0.2, 0) is 6.42 Å². The fraction of sp³-hybridized carbons (Fsp3) is 0.143. The number of Topliss-reactive ketones (excluding diaryl/α,β-unsaturated/α-hetero) is 1. The van der Waals surface area contributed by atoms with E-state index in [-0.39, 0.29) is 11.5 Å². The van der Waals surface area contributed by atoms with E-state index in [4.69, 9.17) is 0 Å². The van der Waals surface area contributed by atoms with E-state index in [0.29, 0.717) is 23.3 Å². The first-order valence-electron chi connectivity index (χ1n) is 6.01. The number of fused-ring (bicyclic) bond motifs is 1. The summed E-state index contributed by atoms with van der Waals surface area (Å²) in [5.74, 6) is -1.84. The minimum atomic E-state index is -0.874. The van der Waals surface area contributed by atoms with Gasteiger partial charge in [-0.3, -0.25) is 9.59 Å². The molecule has 0 bridgehead atoms. The SMILES string of the molecule is O=C(Nc1cccc(O)c1F)c1cc2c(s1)CCC2=O. The van der Waals surface area contributed by atoms with Gasteiger partial charge >= 0.3 is 0 Å². The van der Waals surface area contributed by atoms with E-state index in [1.165, 1.54) is 29.5 Å². The van der Waals surface area contributed by atoms with Crippen molar-refractivity contribution < 1.29 is 19.1 Å². The molecule has 0 unspecified atom stereocenters. The molecule has 1 heterocycles. The lowest BCUT2D eigenvalue weighted by Gasteiger charge is -2.05. The number of hydrogen-bond donors (Lipinski definition) is 2. The fourth-order valence-electron chi connectivity index (χ4n) is 2.12. The Morgan fingerprint density at radius 3 is 2.90 bits per heavy atom. The van der Waals surface area contributed by atoms with Crippen molar-refractivity contribution in [1.82, 2.24) is 0 Å². The maximum absolute atomic E-state index is 13.6. The summed E-state index contributed by atoms with van der Waals surface area (Å²) >= 11 is 1.25. The number of hydrogen-bond acceptors (Lipinski definition) is 4. The van der Waals surface area contributed by atoms with Crippen LogP contribution in [0.4, 0.5) is 10.1 Å². The van der Waals surface area contributed by atoms with Crippen molar-refractivity contribution in [1.29, 1.82) is 0 Å². The van der Waals surface area contributed by atoms with Gasteiger partial charge in [0, 0.05) is 16.9 Å². The minimum absolute atomic E-state index is 0.0406. The highest BCUT2D eigenvalue weighted by molar-refractivity contribution is 7.14. The lowest BCUT2D eigenvalue weighted by atomic mass is 10.2. The smallest absolute Gasteiger partial charge is 0.265 e. The number of phenols is 1. The third-order valence-corrected chi connectivity index (χ3v) is 4.33. The molecule has 102 valence electrons. The molecular formula is C14H10FNO3S. The molecule has 4 nitrogen and oxygen atoms in total. The van der Waals surface area contributed by atoms with Crippen molar-refractivity contribution in [2.45, 2.75) is 12.8 Å². The quantitative estimate of drug-likeness (QED) is 0.894. The highest BCUT2D eigenvalue weighted by atomic mass is 32.1. The first kappa shape index (κ1) is 12.8. The van der Waals surface area contributed by atoms with Crippen LogP contribution < -0.4 is 5.32 Å². The van der Waals surface area contributed by atoms with Crippen molar-refractivity contribution in [3.8, 4) is 5.75 Å². The second-order valence-electron chi connectivity index (χ2n) is 4.46. The van der Waals surface area contributed by atoms with Crippen LogP contribution in [0, 0.1) is 5.82 Å². The van der Waals surface area contributed by atoms with Crippen LogP contribution in [0.2, 0.25) is 0 Å². The Morgan fingerprint density at radius 2 is 2.15 bits per heavy atom.